The van der Waals surface area contributed by atoms with Gasteiger partial charge in [0.15, 0.2) is 0 Å². The second-order valence-corrected chi connectivity index (χ2v) is 5.40. The summed E-state index contributed by atoms with van der Waals surface area (Å²) >= 11 is 0. The highest BCUT2D eigenvalue weighted by atomic mass is 16.2. The lowest BCUT2D eigenvalue weighted by atomic mass is 9.86. The molecule has 0 aromatic heterocycles. The minimum absolute atomic E-state index is 0.389. The monoisotopic (exact) mass is 224 g/mol. The summed E-state index contributed by atoms with van der Waals surface area (Å²) in [6.07, 6.45) is 7.37. The summed E-state index contributed by atoms with van der Waals surface area (Å²) in [6.45, 7) is 4.90. The first-order valence-corrected chi connectivity index (χ1v) is 6.77. The van der Waals surface area contributed by atoms with Crippen molar-refractivity contribution < 1.29 is 4.79 Å². The van der Waals surface area contributed by atoms with Crippen molar-refractivity contribution in [3.63, 3.8) is 0 Å². The Labute approximate surface area is 98.6 Å². The Hall–Kier alpha value is -0.570. The van der Waals surface area contributed by atoms with E-state index in [-0.39, 0.29) is 0 Å². The molecule has 2 aliphatic rings. The number of piperazine rings is 1. The van der Waals surface area contributed by atoms with Gasteiger partial charge in [-0.25, -0.2) is 0 Å². The van der Waals surface area contributed by atoms with Crippen molar-refractivity contribution in [3.05, 3.63) is 0 Å². The average molecular weight is 224 g/mol. The first-order valence-electron chi connectivity index (χ1n) is 6.77. The molecule has 1 amide bonds. The molecular formula is C13H24N2O. The molecule has 0 spiro atoms. The van der Waals surface area contributed by atoms with Crippen molar-refractivity contribution in [1.82, 2.24) is 10.2 Å². The zero-order valence-corrected chi connectivity index (χ0v) is 10.4. The van der Waals surface area contributed by atoms with Crippen LogP contribution in [-0.4, -0.2) is 36.5 Å². The predicted octanol–water partition coefficient (Wildman–Crippen LogP) is 1.78. The van der Waals surface area contributed by atoms with Gasteiger partial charge in [0.05, 0.1) is 0 Å². The summed E-state index contributed by atoms with van der Waals surface area (Å²) in [6, 6.07) is 0.462. The maximum Gasteiger partial charge on any atom is 0.222 e. The van der Waals surface area contributed by atoms with E-state index < -0.39 is 0 Å². The standard InChI is InChI=1S/C13H24N2O/c1-11-10-15(8-7-14-11)13(16)9-12-5-3-2-4-6-12/h11-12,14H,2-10H2,1H3. The molecule has 3 nitrogen and oxygen atoms in total. The van der Waals surface area contributed by atoms with Gasteiger partial charge in [-0.1, -0.05) is 19.3 Å². The van der Waals surface area contributed by atoms with Crippen LogP contribution >= 0.6 is 0 Å². The molecule has 2 fully saturated rings. The zero-order chi connectivity index (χ0) is 11.4. The maximum absolute atomic E-state index is 12.1. The zero-order valence-electron chi connectivity index (χ0n) is 10.4. The minimum Gasteiger partial charge on any atom is -0.340 e. The lowest BCUT2D eigenvalue weighted by Crippen LogP contribution is -2.51. The van der Waals surface area contributed by atoms with Gasteiger partial charge in [-0.3, -0.25) is 4.79 Å². The molecule has 1 aliphatic carbocycles. The molecule has 1 N–H and O–H groups in total. The van der Waals surface area contributed by atoms with E-state index in [0.29, 0.717) is 17.9 Å². The fourth-order valence-electron chi connectivity index (χ4n) is 2.93. The van der Waals surface area contributed by atoms with Gasteiger partial charge < -0.3 is 10.2 Å². The van der Waals surface area contributed by atoms with Gasteiger partial charge in [0.2, 0.25) is 5.91 Å². The Morgan fingerprint density at radius 3 is 2.75 bits per heavy atom. The first kappa shape index (κ1) is 11.9. The number of nitrogens with one attached hydrogen (secondary N) is 1. The predicted molar refractivity (Wildman–Crippen MR) is 65.2 cm³/mol. The second kappa shape index (κ2) is 5.67. The molecule has 2 rings (SSSR count). The number of hydrogen-bond donors (Lipinski definition) is 1. The van der Waals surface area contributed by atoms with E-state index in [1.165, 1.54) is 32.1 Å². The smallest absolute Gasteiger partial charge is 0.222 e. The van der Waals surface area contributed by atoms with E-state index in [1.807, 2.05) is 0 Å². The third kappa shape index (κ3) is 3.21. The van der Waals surface area contributed by atoms with Gasteiger partial charge in [-0.05, 0) is 25.7 Å². The van der Waals surface area contributed by atoms with E-state index in [4.69, 9.17) is 0 Å². The molecular weight excluding hydrogens is 200 g/mol. The van der Waals surface area contributed by atoms with Gasteiger partial charge in [-0.15, -0.1) is 0 Å². The fourth-order valence-corrected chi connectivity index (χ4v) is 2.93. The molecule has 0 radical (unpaired) electrons. The van der Waals surface area contributed by atoms with Crippen LogP contribution in [0.2, 0.25) is 0 Å². The lowest BCUT2D eigenvalue weighted by molar-refractivity contribution is -0.133. The molecule has 0 aromatic carbocycles. The van der Waals surface area contributed by atoms with Crippen molar-refractivity contribution in [2.24, 2.45) is 5.92 Å². The normalized spacial score (nSPS) is 28.1. The van der Waals surface area contributed by atoms with Crippen LogP contribution in [-0.2, 0) is 4.79 Å². The Balaban J connectivity index is 1.77. The second-order valence-electron chi connectivity index (χ2n) is 5.40. The largest absolute Gasteiger partial charge is 0.340 e. The summed E-state index contributed by atoms with van der Waals surface area (Å²) in [7, 11) is 0. The SMILES string of the molecule is CC1CN(C(=O)CC2CCCCC2)CCN1. The topological polar surface area (TPSA) is 32.3 Å². The summed E-state index contributed by atoms with van der Waals surface area (Å²) in [5.41, 5.74) is 0. The van der Waals surface area contributed by atoms with E-state index >= 15 is 0 Å². The highest BCUT2D eigenvalue weighted by Crippen LogP contribution is 2.26. The fraction of sp³-hybridized carbons (Fsp3) is 0.923. The Morgan fingerprint density at radius 1 is 1.31 bits per heavy atom. The Bertz CT molecular complexity index is 236. The van der Waals surface area contributed by atoms with Gasteiger partial charge in [-0.2, -0.15) is 0 Å². The van der Waals surface area contributed by atoms with E-state index in [0.717, 1.165) is 26.1 Å². The van der Waals surface area contributed by atoms with E-state index in [9.17, 15) is 4.79 Å². The minimum atomic E-state index is 0.389. The molecule has 1 unspecified atom stereocenters. The first-order chi connectivity index (χ1) is 7.75. The third-order valence-electron chi connectivity index (χ3n) is 3.91. The highest BCUT2D eigenvalue weighted by molar-refractivity contribution is 5.76. The molecule has 92 valence electrons. The summed E-state index contributed by atoms with van der Waals surface area (Å²) < 4.78 is 0. The van der Waals surface area contributed by atoms with Gasteiger partial charge in [0.25, 0.3) is 0 Å². The van der Waals surface area contributed by atoms with Crippen LogP contribution in [0.4, 0.5) is 0 Å². The number of carbonyl (C=O) groups is 1. The summed E-state index contributed by atoms with van der Waals surface area (Å²) in [5, 5.41) is 3.38. The molecule has 1 aliphatic heterocycles. The van der Waals surface area contributed by atoms with Crippen molar-refractivity contribution in [3.8, 4) is 0 Å². The molecule has 16 heavy (non-hydrogen) atoms. The Morgan fingerprint density at radius 2 is 2.06 bits per heavy atom. The van der Waals surface area contributed by atoms with Gasteiger partial charge in [0, 0.05) is 32.1 Å². The number of rotatable bonds is 2. The van der Waals surface area contributed by atoms with Crippen molar-refractivity contribution >= 4 is 5.91 Å². The molecule has 0 bridgehead atoms. The highest BCUT2D eigenvalue weighted by Gasteiger charge is 2.23. The number of carbonyl (C=O) groups excluding carboxylic acids is 1. The third-order valence-corrected chi connectivity index (χ3v) is 3.91. The van der Waals surface area contributed by atoms with Crippen molar-refractivity contribution in [2.75, 3.05) is 19.6 Å². The Kier molecular flexibility index (Phi) is 4.22. The van der Waals surface area contributed by atoms with Gasteiger partial charge >= 0.3 is 0 Å². The van der Waals surface area contributed by atoms with Crippen LogP contribution in [0.1, 0.15) is 45.4 Å². The van der Waals surface area contributed by atoms with Crippen LogP contribution < -0.4 is 5.32 Å². The molecule has 3 heteroatoms. The lowest BCUT2D eigenvalue weighted by Gasteiger charge is -2.33. The number of amides is 1. The van der Waals surface area contributed by atoms with Crippen LogP contribution in [0.15, 0.2) is 0 Å². The quantitative estimate of drug-likeness (QED) is 0.775. The molecule has 1 heterocycles. The number of nitrogens with zero attached hydrogens (tertiary/aromatic N) is 1. The van der Waals surface area contributed by atoms with Crippen LogP contribution in [0.3, 0.4) is 0 Å². The van der Waals surface area contributed by atoms with Crippen molar-refractivity contribution in [2.45, 2.75) is 51.5 Å². The van der Waals surface area contributed by atoms with Crippen LogP contribution in [0.25, 0.3) is 0 Å². The molecule has 0 aromatic rings. The average Bonchev–Trinajstić information content (AvgIpc) is 2.30. The van der Waals surface area contributed by atoms with Crippen LogP contribution in [0, 0.1) is 5.92 Å². The summed E-state index contributed by atoms with van der Waals surface area (Å²) in [4.78, 5) is 14.2. The van der Waals surface area contributed by atoms with Crippen molar-refractivity contribution in [1.29, 1.82) is 0 Å². The number of hydrogen-bond acceptors (Lipinski definition) is 2. The van der Waals surface area contributed by atoms with E-state index in [1.54, 1.807) is 0 Å². The molecule has 1 saturated heterocycles. The maximum atomic E-state index is 12.1. The van der Waals surface area contributed by atoms with Gasteiger partial charge in [0.1, 0.15) is 0 Å². The molecule has 1 atom stereocenters. The summed E-state index contributed by atoms with van der Waals surface area (Å²) in [5.74, 6) is 1.06. The molecule has 1 saturated carbocycles. The van der Waals surface area contributed by atoms with Crippen LogP contribution in [0.5, 0.6) is 0 Å². The van der Waals surface area contributed by atoms with E-state index in [2.05, 4.69) is 17.1 Å².